The van der Waals surface area contributed by atoms with Crippen molar-refractivity contribution in [2.24, 2.45) is 0 Å². The first-order chi connectivity index (χ1) is 7.99. The van der Waals surface area contributed by atoms with Crippen LogP contribution in [0.2, 0.25) is 0 Å². The summed E-state index contributed by atoms with van der Waals surface area (Å²) in [6.07, 6.45) is -0.289. The molecular formula is C9H16N2O5S. The number of carboxylic acids is 1. The van der Waals surface area contributed by atoms with E-state index >= 15 is 0 Å². The molecule has 1 aliphatic rings. The minimum Gasteiger partial charge on any atom is -0.479 e. The van der Waals surface area contributed by atoms with Crippen LogP contribution in [0.1, 0.15) is 12.8 Å². The first-order valence-corrected chi connectivity index (χ1v) is 6.78. The van der Waals surface area contributed by atoms with Crippen LogP contribution < -0.4 is 10.6 Å². The molecule has 0 aliphatic carbocycles. The first-order valence-electron chi connectivity index (χ1n) is 5.29. The van der Waals surface area contributed by atoms with Crippen LogP contribution in [0.5, 0.6) is 0 Å². The Morgan fingerprint density at radius 1 is 1.35 bits per heavy atom. The van der Waals surface area contributed by atoms with E-state index in [1.54, 1.807) is 0 Å². The van der Waals surface area contributed by atoms with Crippen molar-refractivity contribution in [2.45, 2.75) is 25.0 Å². The average Bonchev–Trinajstić information content (AvgIpc) is 2.29. The van der Waals surface area contributed by atoms with E-state index in [0.29, 0.717) is 24.3 Å². The summed E-state index contributed by atoms with van der Waals surface area (Å²) in [5, 5.41) is 22.2. The lowest BCUT2D eigenvalue weighted by molar-refractivity contribution is -0.146. The minimum atomic E-state index is -1.60. The Bertz CT molecular complexity index is 313. The molecule has 0 saturated carbocycles. The van der Waals surface area contributed by atoms with Gasteiger partial charge in [-0.1, -0.05) is 0 Å². The molecule has 1 heterocycles. The lowest BCUT2D eigenvalue weighted by Gasteiger charge is -2.22. The lowest BCUT2D eigenvalue weighted by Crippen LogP contribution is -2.47. The number of nitrogens with one attached hydrogen (secondary N) is 2. The van der Waals surface area contributed by atoms with Crippen molar-refractivity contribution in [1.82, 2.24) is 10.6 Å². The van der Waals surface area contributed by atoms with Gasteiger partial charge in [-0.15, -0.1) is 0 Å². The van der Waals surface area contributed by atoms with Crippen molar-refractivity contribution in [3.63, 3.8) is 0 Å². The van der Waals surface area contributed by atoms with Gasteiger partial charge in [0.2, 0.25) is 0 Å². The molecule has 7 nitrogen and oxygen atoms in total. The molecule has 8 heteroatoms. The van der Waals surface area contributed by atoms with Gasteiger partial charge in [0.25, 0.3) is 0 Å². The van der Waals surface area contributed by atoms with Gasteiger partial charge in [0.05, 0.1) is 6.54 Å². The van der Waals surface area contributed by atoms with Gasteiger partial charge < -0.3 is 20.8 Å². The fraction of sp³-hybridized carbons (Fsp3) is 0.778. The van der Waals surface area contributed by atoms with Crippen LogP contribution in [0.15, 0.2) is 0 Å². The average molecular weight is 264 g/mol. The summed E-state index contributed by atoms with van der Waals surface area (Å²) in [5.74, 6) is -0.232. The molecular weight excluding hydrogens is 248 g/mol. The zero-order valence-electron chi connectivity index (χ0n) is 9.22. The predicted molar refractivity (Wildman–Crippen MR) is 61.1 cm³/mol. The fourth-order valence-electron chi connectivity index (χ4n) is 1.45. The summed E-state index contributed by atoms with van der Waals surface area (Å²) in [6.45, 7) is -0.334. The monoisotopic (exact) mass is 264 g/mol. The van der Waals surface area contributed by atoms with Crippen LogP contribution in [0.25, 0.3) is 0 Å². The number of aliphatic hydroxyl groups excluding tert-OH is 1. The number of carbonyl (C=O) groups excluding carboxylic acids is 1. The zero-order chi connectivity index (χ0) is 12.8. The summed E-state index contributed by atoms with van der Waals surface area (Å²) in [7, 11) is -0.782. The molecule has 1 fully saturated rings. The van der Waals surface area contributed by atoms with Gasteiger partial charge in [-0.25, -0.2) is 9.59 Å². The SMILES string of the molecule is O=C(NCC(O)C(=O)O)NC1CCS(=O)CC1. The Kier molecular flexibility index (Phi) is 5.36. The third kappa shape index (κ3) is 5.14. The van der Waals surface area contributed by atoms with Gasteiger partial charge in [-0.05, 0) is 12.8 Å². The highest BCUT2D eigenvalue weighted by Crippen LogP contribution is 2.08. The molecule has 0 aromatic carbocycles. The molecule has 0 bridgehead atoms. The molecule has 1 unspecified atom stereocenters. The maximum atomic E-state index is 11.3. The predicted octanol–water partition coefficient (Wildman–Crippen LogP) is -1.36. The summed E-state index contributed by atoms with van der Waals surface area (Å²) >= 11 is 0. The Labute approximate surface area is 101 Å². The van der Waals surface area contributed by atoms with Gasteiger partial charge in [-0.2, -0.15) is 0 Å². The summed E-state index contributed by atoms with van der Waals surface area (Å²) in [6, 6.07) is -0.544. The van der Waals surface area contributed by atoms with Crippen LogP contribution in [0.4, 0.5) is 4.79 Å². The van der Waals surface area contributed by atoms with Crippen molar-refractivity contribution in [1.29, 1.82) is 0 Å². The summed E-state index contributed by atoms with van der Waals surface area (Å²) in [5.41, 5.74) is 0. The molecule has 1 rings (SSSR count). The molecule has 2 amide bonds. The van der Waals surface area contributed by atoms with Crippen LogP contribution in [-0.4, -0.2) is 56.6 Å². The van der Waals surface area contributed by atoms with Crippen molar-refractivity contribution in [2.75, 3.05) is 18.1 Å². The Balaban J connectivity index is 2.21. The molecule has 4 N–H and O–H groups in total. The Morgan fingerprint density at radius 2 is 1.94 bits per heavy atom. The quantitative estimate of drug-likeness (QED) is 0.500. The topological polar surface area (TPSA) is 116 Å². The van der Waals surface area contributed by atoms with E-state index in [0.717, 1.165) is 0 Å². The lowest BCUT2D eigenvalue weighted by atomic mass is 10.2. The second-order valence-electron chi connectivity index (χ2n) is 3.83. The summed E-state index contributed by atoms with van der Waals surface area (Å²) < 4.78 is 11.1. The molecule has 0 aromatic rings. The number of aliphatic carboxylic acids is 1. The van der Waals surface area contributed by atoms with E-state index in [1.165, 1.54) is 0 Å². The standard InChI is InChI=1S/C9H16N2O5S/c12-7(8(13)14)5-10-9(15)11-6-1-3-17(16)4-2-6/h6-7,12H,1-5H2,(H,13,14)(H2,10,11,15). The molecule has 0 aromatic heterocycles. The van der Waals surface area contributed by atoms with E-state index in [2.05, 4.69) is 10.6 Å². The number of amides is 2. The number of carbonyl (C=O) groups is 2. The van der Waals surface area contributed by atoms with Gasteiger partial charge in [0.1, 0.15) is 0 Å². The van der Waals surface area contributed by atoms with Crippen LogP contribution in [-0.2, 0) is 15.6 Å². The van der Waals surface area contributed by atoms with Crippen molar-refractivity contribution in [3.05, 3.63) is 0 Å². The maximum absolute atomic E-state index is 11.3. The van der Waals surface area contributed by atoms with Crippen molar-refractivity contribution < 1.29 is 24.0 Å². The van der Waals surface area contributed by atoms with Crippen LogP contribution in [0, 0.1) is 0 Å². The second kappa shape index (κ2) is 6.55. The van der Waals surface area contributed by atoms with E-state index < -0.39 is 28.9 Å². The zero-order valence-corrected chi connectivity index (χ0v) is 10.0. The molecule has 0 spiro atoms. The number of hydrogen-bond donors (Lipinski definition) is 4. The van der Waals surface area contributed by atoms with Crippen molar-refractivity contribution in [3.8, 4) is 0 Å². The minimum absolute atomic E-state index is 0.0327. The molecule has 1 saturated heterocycles. The van der Waals surface area contributed by atoms with Gasteiger partial charge in [0, 0.05) is 28.3 Å². The number of carboxylic acid groups (broad SMARTS) is 1. The Morgan fingerprint density at radius 3 is 2.47 bits per heavy atom. The van der Waals surface area contributed by atoms with Crippen LogP contribution in [0.3, 0.4) is 0 Å². The second-order valence-corrected chi connectivity index (χ2v) is 5.53. The van der Waals surface area contributed by atoms with Gasteiger partial charge >= 0.3 is 12.0 Å². The maximum Gasteiger partial charge on any atom is 0.334 e. The Hall–Kier alpha value is -1.15. The highest BCUT2D eigenvalue weighted by atomic mass is 32.2. The smallest absolute Gasteiger partial charge is 0.334 e. The number of rotatable bonds is 4. The summed E-state index contributed by atoms with van der Waals surface area (Å²) in [4.78, 5) is 21.6. The van der Waals surface area contributed by atoms with Gasteiger partial charge in [0.15, 0.2) is 6.10 Å². The fourth-order valence-corrected chi connectivity index (χ4v) is 2.75. The van der Waals surface area contributed by atoms with Gasteiger partial charge in [-0.3, -0.25) is 4.21 Å². The van der Waals surface area contributed by atoms with E-state index in [4.69, 9.17) is 10.2 Å². The largest absolute Gasteiger partial charge is 0.479 e. The van der Waals surface area contributed by atoms with Crippen molar-refractivity contribution >= 4 is 22.8 Å². The molecule has 98 valence electrons. The van der Waals surface area contributed by atoms with E-state index in [-0.39, 0.29) is 12.6 Å². The molecule has 1 aliphatic heterocycles. The third-order valence-corrected chi connectivity index (χ3v) is 3.85. The normalized spacial score (nSPS) is 25.9. The molecule has 0 radical (unpaired) electrons. The third-order valence-electron chi connectivity index (χ3n) is 2.46. The number of hydrogen-bond acceptors (Lipinski definition) is 4. The number of urea groups is 1. The highest BCUT2D eigenvalue weighted by molar-refractivity contribution is 7.85. The van der Waals surface area contributed by atoms with E-state index in [9.17, 15) is 13.8 Å². The molecule has 17 heavy (non-hydrogen) atoms. The molecule has 1 atom stereocenters. The van der Waals surface area contributed by atoms with E-state index in [1.807, 2.05) is 0 Å². The van der Waals surface area contributed by atoms with Crippen LogP contribution >= 0.6 is 0 Å². The first kappa shape index (κ1) is 13.9. The number of aliphatic hydroxyl groups is 1. The highest BCUT2D eigenvalue weighted by Gasteiger charge is 2.20.